The van der Waals surface area contributed by atoms with Crippen LogP contribution in [0.3, 0.4) is 0 Å². The van der Waals surface area contributed by atoms with Crippen molar-refractivity contribution in [2.45, 2.75) is 6.10 Å². The number of benzene rings is 1. The number of cyclic esters (lactones) is 1. The Morgan fingerprint density at radius 1 is 1.29 bits per heavy atom. The lowest BCUT2D eigenvalue weighted by Gasteiger charge is -2.08. The van der Waals surface area contributed by atoms with Gasteiger partial charge in [0.25, 0.3) is 0 Å². The number of ether oxygens (including phenoxy) is 2. The van der Waals surface area contributed by atoms with Crippen molar-refractivity contribution in [1.29, 1.82) is 0 Å². The smallest absolute Gasteiger partial charge is 0.331 e. The van der Waals surface area contributed by atoms with Gasteiger partial charge in [-0.1, -0.05) is 12.1 Å². The maximum absolute atomic E-state index is 10.8. The molecule has 0 bridgehead atoms. The highest BCUT2D eigenvalue weighted by atomic mass is 16.5. The third-order valence-corrected chi connectivity index (χ3v) is 2.09. The molecule has 1 heterocycles. The third kappa shape index (κ3) is 1.62. The van der Waals surface area contributed by atoms with Crippen molar-refractivity contribution in [3.05, 3.63) is 42.0 Å². The highest BCUT2D eigenvalue weighted by molar-refractivity contribution is 5.84. The molecule has 0 aliphatic carbocycles. The molecule has 3 heteroatoms. The topological polar surface area (TPSA) is 35.5 Å². The van der Waals surface area contributed by atoms with Crippen LogP contribution in [0.5, 0.6) is 5.75 Å². The van der Waals surface area contributed by atoms with Gasteiger partial charge in [-0.2, -0.15) is 0 Å². The van der Waals surface area contributed by atoms with Crippen LogP contribution in [0.25, 0.3) is 0 Å². The molecule has 1 aromatic rings. The number of esters is 1. The molecule has 72 valence electrons. The van der Waals surface area contributed by atoms with E-state index in [9.17, 15) is 4.79 Å². The Bertz CT molecular complexity index is 365. The fraction of sp³-hybridized carbons (Fsp3) is 0.182. The second-order valence-electron chi connectivity index (χ2n) is 2.99. The lowest BCUT2D eigenvalue weighted by molar-refractivity contribution is -0.138. The molecule has 0 saturated carbocycles. The van der Waals surface area contributed by atoms with Crippen molar-refractivity contribution in [3.63, 3.8) is 0 Å². The van der Waals surface area contributed by atoms with E-state index in [4.69, 9.17) is 9.47 Å². The van der Waals surface area contributed by atoms with E-state index in [0.29, 0.717) is 0 Å². The van der Waals surface area contributed by atoms with E-state index in [0.717, 1.165) is 11.3 Å². The molecule has 0 N–H and O–H groups in total. The molecule has 0 fully saturated rings. The minimum Gasteiger partial charge on any atom is -0.497 e. The van der Waals surface area contributed by atoms with E-state index in [1.807, 2.05) is 24.3 Å². The Labute approximate surface area is 81.9 Å². The molecule has 3 nitrogen and oxygen atoms in total. The summed E-state index contributed by atoms with van der Waals surface area (Å²) in [6, 6.07) is 7.45. The Morgan fingerprint density at radius 2 is 2.00 bits per heavy atom. The van der Waals surface area contributed by atoms with E-state index in [-0.39, 0.29) is 12.1 Å². The normalized spacial score (nSPS) is 19.5. The molecular weight excluding hydrogens is 180 g/mol. The zero-order chi connectivity index (χ0) is 9.97. The molecule has 2 rings (SSSR count). The summed E-state index contributed by atoms with van der Waals surface area (Å²) in [5, 5.41) is 0. The van der Waals surface area contributed by atoms with Gasteiger partial charge >= 0.3 is 5.97 Å². The highest BCUT2D eigenvalue weighted by Crippen LogP contribution is 2.25. The first-order chi connectivity index (χ1) is 6.79. The molecule has 1 unspecified atom stereocenters. The Balaban J connectivity index is 2.17. The summed E-state index contributed by atoms with van der Waals surface area (Å²) in [5.41, 5.74) is 0.952. The molecule has 0 amide bonds. The second-order valence-corrected chi connectivity index (χ2v) is 2.99. The van der Waals surface area contributed by atoms with Crippen LogP contribution in [0.2, 0.25) is 0 Å². The van der Waals surface area contributed by atoms with Crippen LogP contribution >= 0.6 is 0 Å². The van der Waals surface area contributed by atoms with E-state index in [1.165, 1.54) is 6.08 Å². The number of carbonyl (C=O) groups excluding carboxylic acids is 1. The molecule has 0 aromatic heterocycles. The van der Waals surface area contributed by atoms with Crippen LogP contribution in [0.4, 0.5) is 0 Å². The molecule has 1 aromatic carbocycles. The maximum atomic E-state index is 10.8. The Hall–Kier alpha value is -1.77. The summed E-state index contributed by atoms with van der Waals surface area (Å²) in [6.45, 7) is 0. The van der Waals surface area contributed by atoms with Crippen LogP contribution < -0.4 is 4.74 Å². The number of hydrogen-bond donors (Lipinski definition) is 0. The summed E-state index contributed by atoms with van der Waals surface area (Å²) >= 11 is 0. The van der Waals surface area contributed by atoms with Gasteiger partial charge in [-0.3, -0.25) is 0 Å². The molecule has 0 spiro atoms. The highest BCUT2D eigenvalue weighted by Gasteiger charge is 2.17. The van der Waals surface area contributed by atoms with E-state index in [1.54, 1.807) is 13.2 Å². The Kier molecular flexibility index (Phi) is 2.23. The SMILES string of the molecule is COc1ccc(C2C=CC(=O)O2)cc1. The van der Waals surface area contributed by atoms with Crippen LogP contribution in [0, 0.1) is 0 Å². The predicted molar refractivity (Wildman–Crippen MR) is 51.0 cm³/mol. The van der Waals surface area contributed by atoms with E-state index < -0.39 is 0 Å². The lowest BCUT2D eigenvalue weighted by Crippen LogP contribution is -1.99. The van der Waals surface area contributed by atoms with Gasteiger partial charge < -0.3 is 9.47 Å². The van der Waals surface area contributed by atoms with Crippen molar-refractivity contribution in [2.24, 2.45) is 0 Å². The van der Waals surface area contributed by atoms with Crippen molar-refractivity contribution >= 4 is 5.97 Å². The minimum absolute atomic E-state index is 0.242. The van der Waals surface area contributed by atoms with Gasteiger partial charge in [0, 0.05) is 6.08 Å². The first kappa shape index (κ1) is 8.81. The number of methoxy groups -OCH3 is 1. The lowest BCUT2D eigenvalue weighted by atomic mass is 10.1. The molecule has 0 saturated heterocycles. The molecule has 1 aliphatic rings. The van der Waals surface area contributed by atoms with Crippen LogP contribution in [-0.2, 0) is 9.53 Å². The fourth-order valence-electron chi connectivity index (χ4n) is 1.34. The minimum atomic E-state index is -0.286. The summed E-state index contributed by atoms with van der Waals surface area (Å²) in [4.78, 5) is 10.8. The van der Waals surface area contributed by atoms with Crippen LogP contribution in [0.15, 0.2) is 36.4 Å². The molecule has 1 aliphatic heterocycles. The molecule has 14 heavy (non-hydrogen) atoms. The summed E-state index contributed by atoms with van der Waals surface area (Å²) in [5.74, 6) is 0.507. The fourth-order valence-corrected chi connectivity index (χ4v) is 1.34. The zero-order valence-electron chi connectivity index (χ0n) is 7.77. The number of hydrogen-bond acceptors (Lipinski definition) is 3. The average Bonchev–Trinajstić information content (AvgIpc) is 2.65. The number of rotatable bonds is 2. The Morgan fingerprint density at radius 3 is 2.50 bits per heavy atom. The monoisotopic (exact) mass is 190 g/mol. The van der Waals surface area contributed by atoms with Crippen molar-refractivity contribution in [2.75, 3.05) is 7.11 Å². The van der Waals surface area contributed by atoms with Crippen LogP contribution in [-0.4, -0.2) is 13.1 Å². The van der Waals surface area contributed by atoms with Crippen molar-refractivity contribution in [1.82, 2.24) is 0 Å². The molecule has 1 atom stereocenters. The second kappa shape index (κ2) is 3.54. The van der Waals surface area contributed by atoms with Gasteiger partial charge in [0.15, 0.2) is 0 Å². The summed E-state index contributed by atoms with van der Waals surface area (Å²) in [7, 11) is 1.62. The van der Waals surface area contributed by atoms with Gasteiger partial charge in [-0.25, -0.2) is 4.79 Å². The van der Waals surface area contributed by atoms with Crippen molar-refractivity contribution < 1.29 is 14.3 Å². The van der Waals surface area contributed by atoms with Gasteiger partial charge in [0.05, 0.1) is 7.11 Å². The van der Waals surface area contributed by atoms with Gasteiger partial charge in [-0.15, -0.1) is 0 Å². The van der Waals surface area contributed by atoms with Gasteiger partial charge in [-0.05, 0) is 23.8 Å². The molecular formula is C11H10O3. The largest absolute Gasteiger partial charge is 0.497 e. The zero-order valence-corrected chi connectivity index (χ0v) is 7.77. The van der Waals surface area contributed by atoms with Gasteiger partial charge in [0.2, 0.25) is 0 Å². The maximum Gasteiger partial charge on any atom is 0.331 e. The van der Waals surface area contributed by atoms with E-state index in [2.05, 4.69) is 0 Å². The molecule has 0 radical (unpaired) electrons. The average molecular weight is 190 g/mol. The third-order valence-electron chi connectivity index (χ3n) is 2.09. The standard InChI is InChI=1S/C11H10O3/c1-13-9-4-2-8(3-5-9)10-6-7-11(12)14-10/h2-7,10H,1H3. The van der Waals surface area contributed by atoms with Gasteiger partial charge in [0.1, 0.15) is 11.9 Å². The van der Waals surface area contributed by atoms with Crippen molar-refractivity contribution in [3.8, 4) is 5.75 Å². The first-order valence-electron chi connectivity index (χ1n) is 4.32. The first-order valence-corrected chi connectivity index (χ1v) is 4.32. The summed E-state index contributed by atoms with van der Waals surface area (Å²) < 4.78 is 10.1. The summed E-state index contributed by atoms with van der Waals surface area (Å²) in [6.07, 6.45) is 2.94. The predicted octanol–water partition coefficient (Wildman–Crippen LogP) is 1.85. The number of carbonyl (C=O) groups is 1. The van der Waals surface area contributed by atoms with Crippen LogP contribution in [0.1, 0.15) is 11.7 Å². The quantitative estimate of drug-likeness (QED) is 0.667. The van der Waals surface area contributed by atoms with E-state index >= 15 is 0 Å².